The molecule has 0 fully saturated rings. The van der Waals surface area contributed by atoms with Gasteiger partial charge < -0.3 is 14.7 Å². The SMILES string of the molecule is CCC(C)N(CCC(=O)O)C(=O)OCC1c2ccccc2-c2ccccc21. The predicted molar refractivity (Wildman–Crippen MR) is 104 cm³/mol. The Morgan fingerprint density at radius 3 is 2.15 bits per heavy atom. The Morgan fingerprint density at radius 2 is 1.63 bits per heavy atom. The summed E-state index contributed by atoms with van der Waals surface area (Å²) in [6, 6.07) is 16.3. The van der Waals surface area contributed by atoms with Crippen LogP contribution < -0.4 is 0 Å². The molecule has 0 heterocycles. The number of carbonyl (C=O) groups excluding carboxylic acids is 1. The molecule has 3 rings (SSSR count). The molecule has 2 aromatic rings. The maximum atomic E-state index is 12.6. The molecular formula is C22H25NO4. The lowest BCUT2D eigenvalue weighted by atomic mass is 9.98. The van der Waals surface area contributed by atoms with Crippen molar-refractivity contribution in [3.63, 3.8) is 0 Å². The average Bonchev–Trinajstić information content (AvgIpc) is 3.00. The molecule has 5 heteroatoms. The lowest BCUT2D eigenvalue weighted by molar-refractivity contribution is -0.137. The topological polar surface area (TPSA) is 66.8 Å². The smallest absolute Gasteiger partial charge is 0.410 e. The molecular weight excluding hydrogens is 342 g/mol. The van der Waals surface area contributed by atoms with Crippen molar-refractivity contribution in [2.75, 3.05) is 13.2 Å². The van der Waals surface area contributed by atoms with Crippen molar-refractivity contribution in [3.8, 4) is 11.1 Å². The second kappa shape index (κ2) is 8.25. The van der Waals surface area contributed by atoms with Crippen LogP contribution in [0.1, 0.15) is 43.7 Å². The number of carboxylic acid groups (broad SMARTS) is 1. The number of hydrogen-bond donors (Lipinski definition) is 1. The maximum absolute atomic E-state index is 12.6. The molecule has 142 valence electrons. The molecule has 1 N–H and O–H groups in total. The number of aliphatic carboxylic acids is 1. The van der Waals surface area contributed by atoms with Crippen LogP contribution in [0.3, 0.4) is 0 Å². The van der Waals surface area contributed by atoms with Crippen molar-refractivity contribution in [1.82, 2.24) is 4.90 Å². The Bertz CT molecular complexity index is 787. The van der Waals surface area contributed by atoms with Gasteiger partial charge in [0.2, 0.25) is 0 Å². The van der Waals surface area contributed by atoms with Gasteiger partial charge in [-0.1, -0.05) is 55.5 Å². The summed E-state index contributed by atoms with van der Waals surface area (Å²) in [4.78, 5) is 25.1. The first-order valence-corrected chi connectivity index (χ1v) is 9.36. The Kier molecular flexibility index (Phi) is 5.79. The standard InChI is InChI=1S/C22H25NO4/c1-3-15(2)23(13-12-21(24)25)22(26)27-14-20-18-10-6-4-8-16(18)17-9-5-7-11-19(17)20/h4-11,15,20H,3,12-14H2,1-2H3,(H,24,25). The third-order valence-corrected chi connectivity index (χ3v) is 5.26. The van der Waals surface area contributed by atoms with Gasteiger partial charge in [-0.05, 0) is 35.6 Å². The first-order valence-electron chi connectivity index (χ1n) is 9.36. The first kappa shape index (κ1) is 19.0. The monoisotopic (exact) mass is 367 g/mol. The van der Waals surface area contributed by atoms with Gasteiger partial charge in [0.05, 0.1) is 6.42 Å². The highest BCUT2D eigenvalue weighted by molar-refractivity contribution is 5.79. The van der Waals surface area contributed by atoms with E-state index in [1.54, 1.807) is 0 Å². The van der Waals surface area contributed by atoms with Gasteiger partial charge in [-0.25, -0.2) is 4.79 Å². The number of hydrogen-bond acceptors (Lipinski definition) is 3. The third kappa shape index (κ3) is 3.97. The van der Waals surface area contributed by atoms with Crippen LogP contribution in [-0.4, -0.2) is 41.3 Å². The molecule has 0 spiro atoms. The van der Waals surface area contributed by atoms with Crippen molar-refractivity contribution < 1.29 is 19.4 Å². The number of benzene rings is 2. The molecule has 1 atom stereocenters. The van der Waals surface area contributed by atoms with Gasteiger partial charge in [0, 0.05) is 18.5 Å². The summed E-state index contributed by atoms with van der Waals surface area (Å²) in [5.74, 6) is -0.922. The van der Waals surface area contributed by atoms with Gasteiger partial charge in [0.25, 0.3) is 0 Å². The quantitative estimate of drug-likeness (QED) is 0.782. The highest BCUT2D eigenvalue weighted by Crippen LogP contribution is 2.44. The van der Waals surface area contributed by atoms with Crippen LogP contribution in [0.5, 0.6) is 0 Å². The number of ether oxygens (including phenoxy) is 1. The number of carbonyl (C=O) groups is 2. The van der Waals surface area contributed by atoms with Crippen molar-refractivity contribution in [2.24, 2.45) is 0 Å². The van der Waals surface area contributed by atoms with Crippen molar-refractivity contribution >= 4 is 12.1 Å². The number of amides is 1. The maximum Gasteiger partial charge on any atom is 0.410 e. The summed E-state index contributed by atoms with van der Waals surface area (Å²) in [6.07, 6.45) is 0.200. The van der Waals surface area contributed by atoms with Crippen LogP contribution in [0.25, 0.3) is 11.1 Å². The van der Waals surface area contributed by atoms with E-state index in [1.165, 1.54) is 16.0 Å². The summed E-state index contributed by atoms with van der Waals surface area (Å²) in [6.45, 7) is 4.27. The van der Waals surface area contributed by atoms with Gasteiger partial charge in [-0.2, -0.15) is 0 Å². The van der Waals surface area contributed by atoms with E-state index in [-0.39, 0.29) is 31.5 Å². The second-order valence-corrected chi connectivity index (χ2v) is 6.90. The molecule has 1 aliphatic rings. The Labute approximate surface area is 159 Å². The predicted octanol–water partition coefficient (Wildman–Crippen LogP) is 4.51. The molecule has 1 aliphatic carbocycles. The molecule has 0 saturated heterocycles. The zero-order valence-electron chi connectivity index (χ0n) is 15.7. The highest BCUT2D eigenvalue weighted by atomic mass is 16.6. The fraction of sp³-hybridized carbons (Fsp3) is 0.364. The van der Waals surface area contributed by atoms with Crippen LogP contribution in [0, 0.1) is 0 Å². The normalized spacial score (nSPS) is 13.6. The van der Waals surface area contributed by atoms with Crippen LogP contribution in [0.4, 0.5) is 4.79 Å². The highest BCUT2D eigenvalue weighted by Gasteiger charge is 2.30. The molecule has 5 nitrogen and oxygen atoms in total. The zero-order valence-corrected chi connectivity index (χ0v) is 15.7. The first-order chi connectivity index (χ1) is 13.0. The Balaban J connectivity index is 1.75. The van der Waals surface area contributed by atoms with E-state index in [4.69, 9.17) is 9.84 Å². The van der Waals surface area contributed by atoms with Gasteiger partial charge in [-0.15, -0.1) is 0 Å². The molecule has 0 saturated carbocycles. The number of fused-ring (bicyclic) bond motifs is 3. The van der Waals surface area contributed by atoms with Gasteiger partial charge >= 0.3 is 12.1 Å². The van der Waals surface area contributed by atoms with Crippen molar-refractivity contribution in [1.29, 1.82) is 0 Å². The summed E-state index contributed by atoms with van der Waals surface area (Å²) < 4.78 is 5.65. The van der Waals surface area contributed by atoms with Crippen molar-refractivity contribution in [2.45, 2.75) is 38.6 Å². The second-order valence-electron chi connectivity index (χ2n) is 6.90. The van der Waals surface area contributed by atoms with Crippen LogP contribution in [0.15, 0.2) is 48.5 Å². The zero-order chi connectivity index (χ0) is 19.4. The average molecular weight is 367 g/mol. The molecule has 0 radical (unpaired) electrons. The minimum Gasteiger partial charge on any atom is -0.481 e. The minimum absolute atomic E-state index is 0.000364. The summed E-state index contributed by atoms with van der Waals surface area (Å²) in [5.41, 5.74) is 4.68. The molecule has 0 aliphatic heterocycles. The third-order valence-electron chi connectivity index (χ3n) is 5.26. The van der Waals surface area contributed by atoms with E-state index >= 15 is 0 Å². The van der Waals surface area contributed by atoms with Crippen LogP contribution in [-0.2, 0) is 9.53 Å². The number of rotatable bonds is 7. The lowest BCUT2D eigenvalue weighted by Gasteiger charge is -2.28. The van der Waals surface area contributed by atoms with E-state index in [2.05, 4.69) is 24.3 Å². The van der Waals surface area contributed by atoms with Crippen LogP contribution in [0.2, 0.25) is 0 Å². The van der Waals surface area contributed by atoms with E-state index in [9.17, 15) is 9.59 Å². The van der Waals surface area contributed by atoms with Gasteiger partial charge in [-0.3, -0.25) is 4.79 Å². The largest absolute Gasteiger partial charge is 0.481 e. The molecule has 2 aromatic carbocycles. The molecule has 1 amide bonds. The van der Waals surface area contributed by atoms with Crippen LogP contribution >= 0.6 is 0 Å². The number of nitrogens with zero attached hydrogens (tertiary/aromatic N) is 1. The minimum atomic E-state index is -0.922. The fourth-order valence-electron chi connectivity index (χ4n) is 3.61. The molecule has 1 unspecified atom stereocenters. The van der Waals surface area contributed by atoms with Crippen molar-refractivity contribution in [3.05, 3.63) is 59.7 Å². The fourth-order valence-corrected chi connectivity index (χ4v) is 3.61. The summed E-state index contributed by atoms with van der Waals surface area (Å²) in [7, 11) is 0. The van der Waals surface area contributed by atoms with Gasteiger partial charge in [0.15, 0.2) is 0 Å². The Hall–Kier alpha value is -2.82. The van der Waals surface area contributed by atoms with E-state index in [1.807, 2.05) is 38.1 Å². The molecule has 27 heavy (non-hydrogen) atoms. The summed E-state index contributed by atoms with van der Waals surface area (Å²) in [5, 5.41) is 8.94. The Morgan fingerprint density at radius 1 is 1.07 bits per heavy atom. The van der Waals surface area contributed by atoms with E-state index in [0.29, 0.717) is 0 Å². The van der Waals surface area contributed by atoms with E-state index < -0.39 is 12.1 Å². The van der Waals surface area contributed by atoms with Gasteiger partial charge in [0.1, 0.15) is 6.61 Å². The molecule has 0 aromatic heterocycles. The van der Waals surface area contributed by atoms with E-state index in [0.717, 1.165) is 17.5 Å². The number of carboxylic acids is 1. The summed E-state index contributed by atoms with van der Waals surface area (Å²) >= 11 is 0. The lowest BCUT2D eigenvalue weighted by Crippen LogP contribution is -2.40. The molecule has 0 bridgehead atoms.